The van der Waals surface area contributed by atoms with E-state index in [1.165, 1.54) is 17.0 Å². The molecule has 0 aliphatic carbocycles. The molecule has 2 aromatic carbocycles. The van der Waals surface area contributed by atoms with Crippen LogP contribution < -0.4 is 4.74 Å². The van der Waals surface area contributed by atoms with E-state index in [0.29, 0.717) is 11.8 Å². The van der Waals surface area contributed by atoms with E-state index in [2.05, 4.69) is 0 Å². The first kappa shape index (κ1) is 27.2. The summed E-state index contributed by atoms with van der Waals surface area (Å²) in [6.07, 6.45) is -0.790. The van der Waals surface area contributed by atoms with Gasteiger partial charge < -0.3 is 19.7 Å². The lowest BCUT2D eigenvalue weighted by Gasteiger charge is -2.37. The van der Waals surface area contributed by atoms with Gasteiger partial charge in [-0.15, -0.1) is 0 Å². The number of carbonyl (C=O) groups is 2. The highest BCUT2D eigenvalue weighted by molar-refractivity contribution is 6.01. The molecule has 1 fully saturated rings. The van der Waals surface area contributed by atoms with Crippen molar-refractivity contribution in [2.24, 2.45) is 0 Å². The van der Waals surface area contributed by atoms with Gasteiger partial charge in [-0.1, -0.05) is 26.0 Å². The fraction of sp³-hybridized carbons (Fsp3) is 0.414. The zero-order chi connectivity index (χ0) is 27.8. The molecule has 0 bridgehead atoms. The number of amides is 1. The molecule has 1 unspecified atom stereocenters. The number of pyridine rings is 1. The third-order valence-electron chi connectivity index (χ3n) is 6.41. The van der Waals surface area contributed by atoms with Crippen LogP contribution >= 0.6 is 0 Å². The van der Waals surface area contributed by atoms with Crippen LogP contribution in [0.5, 0.6) is 11.6 Å². The molecule has 3 aromatic rings. The van der Waals surface area contributed by atoms with E-state index >= 15 is 0 Å². The quantitative estimate of drug-likeness (QED) is 0.415. The smallest absolute Gasteiger partial charge is 0.411 e. The van der Waals surface area contributed by atoms with Crippen LogP contribution in [-0.2, 0) is 9.53 Å². The van der Waals surface area contributed by atoms with Crippen molar-refractivity contribution in [2.75, 3.05) is 6.54 Å². The summed E-state index contributed by atoms with van der Waals surface area (Å²) in [5.41, 5.74) is 1.57. The van der Waals surface area contributed by atoms with Gasteiger partial charge in [-0.3, -0.25) is 4.90 Å². The summed E-state index contributed by atoms with van der Waals surface area (Å²) in [4.78, 5) is 30.8. The molecule has 1 aliphatic rings. The fourth-order valence-electron chi connectivity index (χ4n) is 4.69. The monoisotopic (exact) mass is 524 g/mol. The van der Waals surface area contributed by atoms with Crippen molar-refractivity contribution >= 4 is 22.8 Å². The summed E-state index contributed by atoms with van der Waals surface area (Å²) in [6, 6.07) is 9.94. The summed E-state index contributed by atoms with van der Waals surface area (Å²) in [7, 11) is 0. The maximum Gasteiger partial charge on any atom is 0.411 e. The summed E-state index contributed by atoms with van der Waals surface area (Å²) in [5, 5.41) is 21.5. The van der Waals surface area contributed by atoms with Crippen LogP contribution in [0.25, 0.3) is 21.9 Å². The van der Waals surface area contributed by atoms with Crippen molar-refractivity contribution in [1.82, 2.24) is 9.88 Å². The number of phenolic OH excluding ortho intramolecular Hbond substituents is 1. The van der Waals surface area contributed by atoms with E-state index in [1.807, 2.05) is 13.8 Å². The predicted molar refractivity (Wildman–Crippen MR) is 141 cm³/mol. The minimum atomic E-state index is -1.14. The molecule has 1 aromatic heterocycles. The Morgan fingerprint density at radius 1 is 1.11 bits per heavy atom. The molecular formula is C29H33FN2O6. The van der Waals surface area contributed by atoms with Gasteiger partial charge in [0, 0.05) is 30.3 Å². The second-order valence-corrected chi connectivity index (χ2v) is 10.9. The van der Waals surface area contributed by atoms with Crippen molar-refractivity contribution in [3.63, 3.8) is 0 Å². The number of rotatable bonds is 5. The number of benzene rings is 2. The van der Waals surface area contributed by atoms with Crippen LogP contribution in [0.1, 0.15) is 59.1 Å². The number of aromatic nitrogens is 1. The van der Waals surface area contributed by atoms with Crippen LogP contribution in [0, 0.1) is 5.82 Å². The van der Waals surface area contributed by atoms with Crippen LogP contribution in [0.2, 0.25) is 0 Å². The zero-order valence-corrected chi connectivity index (χ0v) is 22.2. The van der Waals surface area contributed by atoms with Crippen LogP contribution in [0.3, 0.4) is 0 Å². The van der Waals surface area contributed by atoms with Crippen molar-refractivity contribution in [2.45, 2.75) is 71.1 Å². The number of carboxylic acids is 1. The number of piperidine rings is 1. The number of aliphatic carboxylic acids is 1. The molecular weight excluding hydrogens is 491 g/mol. The van der Waals surface area contributed by atoms with E-state index in [4.69, 9.17) is 14.5 Å². The Bertz CT molecular complexity index is 1350. The van der Waals surface area contributed by atoms with Gasteiger partial charge in [0.05, 0.1) is 5.69 Å². The normalized spacial score (nSPS) is 18.0. The van der Waals surface area contributed by atoms with Gasteiger partial charge in [0.1, 0.15) is 29.3 Å². The number of fused-ring (bicyclic) bond motifs is 1. The Kier molecular flexibility index (Phi) is 7.49. The molecule has 1 amide bonds. The number of carbonyl (C=O) groups excluding carboxylic acids is 1. The molecule has 0 spiro atoms. The lowest BCUT2D eigenvalue weighted by molar-refractivity contribution is -0.145. The van der Waals surface area contributed by atoms with E-state index in [-0.39, 0.29) is 36.3 Å². The molecule has 0 saturated carbocycles. The highest BCUT2D eigenvalue weighted by atomic mass is 19.1. The number of likely N-dealkylation sites (tertiary alicyclic amines) is 1. The third-order valence-corrected chi connectivity index (χ3v) is 6.41. The lowest BCUT2D eigenvalue weighted by atomic mass is 9.92. The first-order valence-electron chi connectivity index (χ1n) is 12.7. The van der Waals surface area contributed by atoms with Crippen molar-refractivity contribution in [1.29, 1.82) is 0 Å². The summed E-state index contributed by atoms with van der Waals surface area (Å²) in [6.45, 7) is 9.31. The van der Waals surface area contributed by atoms with Gasteiger partial charge in [-0.2, -0.15) is 0 Å². The molecule has 1 aliphatic heterocycles. The Morgan fingerprint density at radius 3 is 2.39 bits per heavy atom. The van der Waals surface area contributed by atoms with Gasteiger partial charge in [-0.25, -0.2) is 19.0 Å². The van der Waals surface area contributed by atoms with Crippen LogP contribution in [-0.4, -0.2) is 56.5 Å². The number of halogens is 1. The number of phenols is 1. The fourth-order valence-corrected chi connectivity index (χ4v) is 4.69. The summed E-state index contributed by atoms with van der Waals surface area (Å²) in [5.74, 6) is -1.22. The van der Waals surface area contributed by atoms with Crippen molar-refractivity contribution in [3.8, 4) is 22.8 Å². The molecule has 0 radical (unpaired) electrons. The zero-order valence-electron chi connectivity index (χ0n) is 22.2. The minimum Gasteiger partial charge on any atom is -0.508 e. The SMILES string of the molecule is CC(C)c1nc(OC2CCN(C(=O)OC(C)(C)C)[C@H](C(=O)O)C2)c2cc(O)ccc2c1-c1ccc(F)cc1. The lowest BCUT2D eigenvalue weighted by Crippen LogP contribution is -2.53. The molecule has 2 heterocycles. The average Bonchev–Trinajstić information content (AvgIpc) is 2.83. The largest absolute Gasteiger partial charge is 0.508 e. The molecule has 1 saturated heterocycles. The maximum absolute atomic E-state index is 13.7. The predicted octanol–water partition coefficient (Wildman–Crippen LogP) is 6.10. The number of ether oxygens (including phenoxy) is 2. The third kappa shape index (κ3) is 5.82. The summed E-state index contributed by atoms with van der Waals surface area (Å²) >= 11 is 0. The van der Waals surface area contributed by atoms with Crippen LogP contribution in [0.15, 0.2) is 42.5 Å². The Labute approximate surface area is 221 Å². The minimum absolute atomic E-state index is 0.0172. The van der Waals surface area contributed by atoms with Crippen molar-refractivity contribution < 1.29 is 33.7 Å². The van der Waals surface area contributed by atoms with Crippen LogP contribution in [0.4, 0.5) is 9.18 Å². The van der Waals surface area contributed by atoms with Gasteiger partial charge >= 0.3 is 12.1 Å². The Hall–Kier alpha value is -3.88. The van der Waals surface area contributed by atoms with Gasteiger partial charge in [0.15, 0.2) is 0 Å². The van der Waals surface area contributed by atoms with E-state index < -0.39 is 29.8 Å². The summed E-state index contributed by atoms with van der Waals surface area (Å²) < 4.78 is 25.4. The van der Waals surface area contributed by atoms with Gasteiger partial charge in [-0.05, 0) is 68.0 Å². The van der Waals surface area contributed by atoms with Crippen molar-refractivity contribution in [3.05, 3.63) is 54.0 Å². The Morgan fingerprint density at radius 2 is 1.79 bits per heavy atom. The molecule has 2 atom stereocenters. The highest BCUT2D eigenvalue weighted by Gasteiger charge is 2.39. The number of hydrogen-bond acceptors (Lipinski definition) is 6. The number of aromatic hydroxyl groups is 1. The van der Waals surface area contributed by atoms with E-state index in [9.17, 15) is 24.2 Å². The van der Waals surface area contributed by atoms with E-state index in [1.54, 1.807) is 51.1 Å². The topological polar surface area (TPSA) is 109 Å². The van der Waals surface area contributed by atoms with E-state index in [0.717, 1.165) is 22.2 Å². The number of carboxylic acid groups (broad SMARTS) is 1. The molecule has 8 nitrogen and oxygen atoms in total. The Balaban J connectivity index is 1.72. The van der Waals surface area contributed by atoms with Gasteiger partial charge in [0.2, 0.25) is 5.88 Å². The molecule has 202 valence electrons. The standard InChI is InChI=1S/C29H33FN2O6/c1-16(2)25-24(17-6-8-18(30)9-7-17)21-11-10-19(33)14-22(21)26(31-25)37-20-12-13-32(23(15-20)27(34)35)28(36)38-29(3,4)5/h6-11,14,16,20,23,33H,12-13,15H2,1-5H3,(H,34,35)/t20?,23-/m0/s1. The molecule has 4 rings (SSSR count). The molecule has 38 heavy (non-hydrogen) atoms. The number of hydrogen-bond donors (Lipinski definition) is 2. The first-order chi connectivity index (χ1) is 17.8. The first-order valence-corrected chi connectivity index (χ1v) is 12.7. The molecule has 9 heteroatoms. The average molecular weight is 525 g/mol. The highest BCUT2D eigenvalue weighted by Crippen LogP contribution is 2.40. The second kappa shape index (κ2) is 10.5. The molecule has 2 N–H and O–H groups in total. The number of nitrogens with zero attached hydrogens (tertiary/aromatic N) is 2. The second-order valence-electron chi connectivity index (χ2n) is 10.9. The van der Waals surface area contributed by atoms with Gasteiger partial charge in [0.25, 0.3) is 0 Å². The maximum atomic E-state index is 13.7.